The number of nitrogens with zero attached hydrogens (tertiary/aromatic N) is 2. The van der Waals surface area contributed by atoms with Gasteiger partial charge in [-0.25, -0.2) is 0 Å². The molecule has 0 fully saturated rings. The van der Waals surface area contributed by atoms with Gasteiger partial charge in [0, 0.05) is 5.56 Å². The van der Waals surface area contributed by atoms with Crippen molar-refractivity contribution in [2.45, 2.75) is 32.2 Å². The molecule has 1 aromatic heterocycles. The van der Waals surface area contributed by atoms with Gasteiger partial charge in [-0.15, -0.1) is 0 Å². The van der Waals surface area contributed by atoms with Gasteiger partial charge in [0.25, 0.3) is 0 Å². The van der Waals surface area contributed by atoms with Gasteiger partial charge in [0.2, 0.25) is 0 Å². The van der Waals surface area contributed by atoms with E-state index in [1.54, 1.807) is 0 Å². The van der Waals surface area contributed by atoms with Crippen molar-refractivity contribution in [3.05, 3.63) is 41.2 Å². The van der Waals surface area contributed by atoms with Crippen molar-refractivity contribution in [1.82, 2.24) is 14.1 Å². The predicted molar refractivity (Wildman–Crippen MR) is 80.3 cm³/mol. The van der Waals surface area contributed by atoms with E-state index in [1.165, 1.54) is 22.9 Å². The van der Waals surface area contributed by atoms with Crippen molar-refractivity contribution in [2.24, 2.45) is 0 Å². The van der Waals surface area contributed by atoms with Gasteiger partial charge in [0.05, 0.1) is 36.3 Å². The molecular formula is C15H19N3OS. The van der Waals surface area contributed by atoms with E-state index in [0.29, 0.717) is 0 Å². The summed E-state index contributed by atoms with van der Waals surface area (Å²) in [5, 5.41) is 3.56. The first-order chi connectivity index (χ1) is 9.90. The van der Waals surface area contributed by atoms with Crippen molar-refractivity contribution in [3.63, 3.8) is 0 Å². The highest BCUT2D eigenvalue weighted by atomic mass is 32.1. The minimum Gasteiger partial charge on any atom is -0.493 e. The van der Waals surface area contributed by atoms with Crippen LogP contribution < -0.4 is 10.1 Å². The minimum atomic E-state index is 0.0711. The van der Waals surface area contributed by atoms with Crippen LogP contribution in [0.15, 0.2) is 24.4 Å². The number of benzene rings is 1. The SMILES string of the molecule is CCCNC(c1cnsn1)c1cccc2c1OCCC2. The van der Waals surface area contributed by atoms with Crippen LogP contribution in [0.3, 0.4) is 0 Å². The number of fused-ring (bicyclic) bond motifs is 1. The molecule has 0 radical (unpaired) electrons. The number of nitrogens with one attached hydrogen (secondary N) is 1. The standard InChI is InChI=1S/C15H19N3OS/c1-2-8-16-14(13-10-17-20-18-13)12-7-3-5-11-6-4-9-19-15(11)12/h3,5,7,10,14,16H,2,4,6,8-9H2,1H3. The van der Waals surface area contributed by atoms with E-state index >= 15 is 0 Å². The van der Waals surface area contributed by atoms with Gasteiger partial charge in [-0.1, -0.05) is 25.1 Å². The quantitative estimate of drug-likeness (QED) is 0.919. The number of rotatable bonds is 5. The van der Waals surface area contributed by atoms with Crippen LogP contribution in [0.1, 0.15) is 42.6 Å². The lowest BCUT2D eigenvalue weighted by Crippen LogP contribution is -2.25. The van der Waals surface area contributed by atoms with Gasteiger partial charge in [-0.05, 0) is 31.4 Å². The molecule has 0 saturated carbocycles. The summed E-state index contributed by atoms with van der Waals surface area (Å²) in [4.78, 5) is 0. The molecule has 0 amide bonds. The Morgan fingerprint density at radius 1 is 1.45 bits per heavy atom. The monoisotopic (exact) mass is 289 g/mol. The average molecular weight is 289 g/mol. The number of aromatic nitrogens is 2. The zero-order valence-electron chi connectivity index (χ0n) is 11.6. The highest BCUT2D eigenvalue weighted by Crippen LogP contribution is 2.35. The molecule has 0 spiro atoms. The van der Waals surface area contributed by atoms with E-state index in [-0.39, 0.29) is 6.04 Å². The van der Waals surface area contributed by atoms with E-state index in [0.717, 1.165) is 43.9 Å². The van der Waals surface area contributed by atoms with Crippen LogP contribution in [0.4, 0.5) is 0 Å². The minimum absolute atomic E-state index is 0.0711. The number of hydrogen-bond acceptors (Lipinski definition) is 5. The first-order valence-corrected chi connectivity index (χ1v) is 7.88. The van der Waals surface area contributed by atoms with Gasteiger partial charge in [-0.2, -0.15) is 8.75 Å². The smallest absolute Gasteiger partial charge is 0.127 e. The molecule has 1 unspecified atom stereocenters. The van der Waals surface area contributed by atoms with Crippen LogP contribution in [-0.2, 0) is 6.42 Å². The fourth-order valence-corrected chi connectivity index (χ4v) is 3.05. The number of para-hydroxylation sites is 1. The lowest BCUT2D eigenvalue weighted by atomic mass is 9.96. The first kappa shape index (κ1) is 13.5. The highest BCUT2D eigenvalue weighted by molar-refractivity contribution is 6.99. The molecule has 2 heterocycles. The van der Waals surface area contributed by atoms with Crippen LogP contribution >= 0.6 is 11.7 Å². The molecule has 1 aromatic carbocycles. The van der Waals surface area contributed by atoms with Crippen molar-refractivity contribution in [2.75, 3.05) is 13.2 Å². The Balaban J connectivity index is 1.98. The van der Waals surface area contributed by atoms with Crippen LogP contribution in [0.2, 0.25) is 0 Å². The molecule has 1 aliphatic rings. The Morgan fingerprint density at radius 2 is 2.40 bits per heavy atom. The summed E-state index contributed by atoms with van der Waals surface area (Å²) in [6, 6.07) is 6.48. The maximum Gasteiger partial charge on any atom is 0.127 e. The van der Waals surface area contributed by atoms with Gasteiger partial charge in [-0.3, -0.25) is 0 Å². The predicted octanol–water partition coefficient (Wildman–Crippen LogP) is 2.95. The Kier molecular flexibility index (Phi) is 4.28. The third-order valence-electron chi connectivity index (χ3n) is 3.55. The maximum absolute atomic E-state index is 5.93. The van der Waals surface area contributed by atoms with Crippen molar-refractivity contribution in [1.29, 1.82) is 0 Å². The molecule has 3 rings (SSSR count). The second-order valence-electron chi connectivity index (χ2n) is 5.01. The normalized spacial score (nSPS) is 15.4. The molecule has 1 N–H and O–H groups in total. The lowest BCUT2D eigenvalue weighted by molar-refractivity contribution is 0.283. The third kappa shape index (κ3) is 2.69. The van der Waals surface area contributed by atoms with Crippen molar-refractivity contribution in [3.8, 4) is 5.75 Å². The second kappa shape index (κ2) is 6.33. The summed E-state index contributed by atoms with van der Waals surface area (Å²) < 4.78 is 14.5. The summed E-state index contributed by atoms with van der Waals surface area (Å²) in [5.41, 5.74) is 3.47. The van der Waals surface area contributed by atoms with E-state index in [9.17, 15) is 0 Å². The number of ether oxygens (including phenoxy) is 1. The number of aryl methyl sites for hydroxylation is 1. The average Bonchev–Trinajstić information content (AvgIpc) is 3.02. The van der Waals surface area contributed by atoms with Gasteiger partial charge in [0.1, 0.15) is 5.75 Å². The Bertz CT molecular complexity index is 556. The van der Waals surface area contributed by atoms with Gasteiger partial charge in [0.15, 0.2) is 0 Å². The topological polar surface area (TPSA) is 47.0 Å². The molecule has 0 bridgehead atoms. The van der Waals surface area contributed by atoms with E-state index < -0.39 is 0 Å². The fraction of sp³-hybridized carbons (Fsp3) is 0.467. The summed E-state index contributed by atoms with van der Waals surface area (Å²) in [6.07, 6.45) is 5.13. The molecular weight excluding hydrogens is 270 g/mol. The fourth-order valence-electron chi connectivity index (χ4n) is 2.60. The maximum atomic E-state index is 5.93. The van der Waals surface area contributed by atoms with Crippen LogP contribution in [0.5, 0.6) is 5.75 Å². The molecule has 5 heteroatoms. The molecule has 106 valence electrons. The van der Waals surface area contributed by atoms with E-state index in [4.69, 9.17) is 4.74 Å². The summed E-state index contributed by atoms with van der Waals surface area (Å²) >= 11 is 1.25. The molecule has 1 atom stereocenters. The Morgan fingerprint density at radius 3 is 3.20 bits per heavy atom. The molecule has 0 saturated heterocycles. The molecule has 20 heavy (non-hydrogen) atoms. The zero-order valence-corrected chi connectivity index (χ0v) is 12.4. The van der Waals surface area contributed by atoms with Gasteiger partial charge >= 0.3 is 0 Å². The highest BCUT2D eigenvalue weighted by Gasteiger charge is 2.23. The first-order valence-electron chi connectivity index (χ1n) is 7.15. The van der Waals surface area contributed by atoms with E-state index in [1.807, 2.05) is 6.20 Å². The molecule has 2 aromatic rings. The van der Waals surface area contributed by atoms with Crippen molar-refractivity contribution >= 4 is 11.7 Å². The zero-order chi connectivity index (χ0) is 13.8. The summed E-state index contributed by atoms with van der Waals surface area (Å²) in [7, 11) is 0. The second-order valence-corrected chi connectivity index (χ2v) is 5.56. The summed E-state index contributed by atoms with van der Waals surface area (Å²) in [5.74, 6) is 1.04. The Hall–Kier alpha value is -1.46. The molecule has 0 aliphatic carbocycles. The van der Waals surface area contributed by atoms with Crippen LogP contribution in [0, 0.1) is 0 Å². The molecule has 4 nitrogen and oxygen atoms in total. The van der Waals surface area contributed by atoms with Crippen LogP contribution in [-0.4, -0.2) is 21.9 Å². The van der Waals surface area contributed by atoms with Gasteiger partial charge < -0.3 is 10.1 Å². The summed E-state index contributed by atoms with van der Waals surface area (Å²) in [6.45, 7) is 3.92. The Labute approximate surface area is 123 Å². The van der Waals surface area contributed by atoms with Crippen molar-refractivity contribution < 1.29 is 4.74 Å². The number of hydrogen-bond donors (Lipinski definition) is 1. The largest absolute Gasteiger partial charge is 0.493 e. The molecule has 1 aliphatic heterocycles. The van der Waals surface area contributed by atoms with E-state index in [2.05, 4.69) is 39.2 Å². The van der Waals surface area contributed by atoms with Crippen LogP contribution in [0.25, 0.3) is 0 Å². The third-order valence-corrected chi connectivity index (χ3v) is 4.04. The lowest BCUT2D eigenvalue weighted by Gasteiger charge is -2.25.